The Labute approximate surface area is 132 Å². The summed E-state index contributed by atoms with van der Waals surface area (Å²) in [6.07, 6.45) is 1.15. The first kappa shape index (κ1) is 13.2. The Morgan fingerprint density at radius 3 is 2.81 bits per heavy atom. The molecule has 0 fully saturated rings. The van der Waals surface area contributed by atoms with Crippen LogP contribution in [-0.4, -0.2) is 16.4 Å². The topological polar surface area (TPSA) is 16.1 Å². The van der Waals surface area contributed by atoms with Gasteiger partial charge in [-0.3, -0.25) is 4.90 Å². The van der Waals surface area contributed by atoms with Gasteiger partial charge >= 0.3 is 0 Å². The Morgan fingerprint density at radius 1 is 1.05 bits per heavy atom. The van der Waals surface area contributed by atoms with E-state index in [4.69, 9.17) is 4.98 Å². The maximum absolute atomic E-state index is 4.79. The molecular weight excluding hydrogens is 296 g/mol. The Bertz CT molecular complexity index is 731. The van der Waals surface area contributed by atoms with Gasteiger partial charge in [-0.25, -0.2) is 4.98 Å². The van der Waals surface area contributed by atoms with E-state index in [0.29, 0.717) is 0 Å². The highest BCUT2D eigenvalue weighted by Crippen LogP contribution is 2.28. The van der Waals surface area contributed by atoms with E-state index in [-0.39, 0.29) is 0 Å². The maximum Gasteiger partial charge on any atom is 0.133 e. The van der Waals surface area contributed by atoms with Gasteiger partial charge in [0.05, 0.1) is 10.6 Å². The maximum atomic E-state index is 4.79. The van der Waals surface area contributed by atoms with Gasteiger partial charge in [0.15, 0.2) is 0 Å². The zero-order chi connectivity index (χ0) is 14.1. The van der Waals surface area contributed by atoms with Crippen molar-refractivity contribution in [3.8, 4) is 9.88 Å². The molecule has 0 radical (unpaired) electrons. The molecule has 1 aromatic carbocycles. The van der Waals surface area contributed by atoms with Gasteiger partial charge in [0, 0.05) is 25.0 Å². The summed E-state index contributed by atoms with van der Waals surface area (Å²) >= 11 is 3.51. The lowest BCUT2D eigenvalue weighted by molar-refractivity contribution is 0.243. The summed E-state index contributed by atoms with van der Waals surface area (Å²) in [5.74, 6) is 0. The molecule has 0 saturated carbocycles. The molecule has 2 nitrogen and oxygen atoms in total. The van der Waals surface area contributed by atoms with Crippen molar-refractivity contribution in [2.75, 3.05) is 6.54 Å². The average Bonchev–Trinajstić information content (AvgIpc) is 3.18. The molecule has 0 N–H and O–H groups in total. The lowest BCUT2D eigenvalue weighted by atomic mass is 10.00. The second-order valence-corrected chi connectivity index (χ2v) is 7.16. The lowest BCUT2D eigenvalue weighted by Gasteiger charge is -2.27. The fraction of sp³-hybridized carbons (Fsp3) is 0.235. The second-order valence-electron chi connectivity index (χ2n) is 5.35. The molecule has 0 amide bonds. The van der Waals surface area contributed by atoms with Crippen LogP contribution in [0.25, 0.3) is 9.88 Å². The van der Waals surface area contributed by atoms with Gasteiger partial charge in [-0.05, 0) is 29.0 Å². The third kappa shape index (κ3) is 2.79. The summed E-state index contributed by atoms with van der Waals surface area (Å²) in [6.45, 7) is 3.13. The van der Waals surface area contributed by atoms with Crippen molar-refractivity contribution in [1.29, 1.82) is 0 Å². The van der Waals surface area contributed by atoms with Crippen molar-refractivity contribution in [3.63, 3.8) is 0 Å². The van der Waals surface area contributed by atoms with E-state index in [2.05, 4.69) is 52.1 Å². The molecule has 4 rings (SSSR count). The third-order valence-electron chi connectivity index (χ3n) is 3.88. The molecule has 0 spiro atoms. The Balaban J connectivity index is 1.48. The van der Waals surface area contributed by atoms with E-state index < -0.39 is 0 Å². The minimum atomic E-state index is 0.955. The van der Waals surface area contributed by atoms with Crippen LogP contribution in [0.5, 0.6) is 0 Å². The summed E-state index contributed by atoms with van der Waals surface area (Å²) in [5, 5.41) is 5.46. The smallest absolute Gasteiger partial charge is 0.133 e. The fourth-order valence-corrected chi connectivity index (χ4v) is 4.44. The highest BCUT2D eigenvalue weighted by atomic mass is 32.1. The number of hydrogen-bond donors (Lipinski definition) is 0. The van der Waals surface area contributed by atoms with Crippen molar-refractivity contribution in [1.82, 2.24) is 9.88 Å². The number of nitrogens with zero attached hydrogens (tertiary/aromatic N) is 2. The van der Waals surface area contributed by atoms with Crippen LogP contribution in [0, 0.1) is 0 Å². The molecule has 1 aliphatic rings. The molecule has 1 aliphatic heterocycles. The minimum Gasteiger partial charge on any atom is -0.293 e. The summed E-state index contributed by atoms with van der Waals surface area (Å²) in [6, 6.07) is 13.0. The van der Waals surface area contributed by atoms with E-state index in [1.807, 2.05) is 0 Å². The quantitative estimate of drug-likeness (QED) is 0.711. The fourth-order valence-electron chi connectivity index (χ4n) is 2.81. The summed E-state index contributed by atoms with van der Waals surface area (Å²) in [5.41, 5.74) is 4.17. The number of fused-ring (bicyclic) bond motifs is 1. The molecule has 0 bridgehead atoms. The van der Waals surface area contributed by atoms with Crippen LogP contribution in [0.1, 0.15) is 16.8 Å². The molecule has 3 heterocycles. The van der Waals surface area contributed by atoms with E-state index in [1.54, 1.807) is 22.7 Å². The van der Waals surface area contributed by atoms with Crippen molar-refractivity contribution in [2.24, 2.45) is 0 Å². The summed E-state index contributed by atoms with van der Waals surface area (Å²) in [7, 11) is 0. The zero-order valence-electron chi connectivity index (χ0n) is 11.7. The second kappa shape index (κ2) is 5.72. The van der Waals surface area contributed by atoms with Gasteiger partial charge in [-0.2, -0.15) is 0 Å². The van der Waals surface area contributed by atoms with Crippen LogP contribution < -0.4 is 0 Å². The average molecular weight is 312 g/mol. The van der Waals surface area contributed by atoms with Crippen molar-refractivity contribution in [3.05, 3.63) is 64.0 Å². The van der Waals surface area contributed by atoms with Gasteiger partial charge in [-0.1, -0.05) is 30.3 Å². The van der Waals surface area contributed by atoms with Gasteiger partial charge in [-0.15, -0.1) is 22.7 Å². The first-order chi connectivity index (χ1) is 10.4. The van der Waals surface area contributed by atoms with E-state index in [0.717, 1.165) is 31.1 Å². The van der Waals surface area contributed by atoms with Crippen LogP contribution in [0.4, 0.5) is 0 Å². The van der Waals surface area contributed by atoms with Crippen LogP contribution in [0.2, 0.25) is 0 Å². The monoisotopic (exact) mass is 312 g/mol. The highest BCUT2D eigenvalue weighted by Gasteiger charge is 2.17. The lowest BCUT2D eigenvalue weighted by Crippen LogP contribution is -2.30. The number of benzene rings is 1. The predicted octanol–water partition coefficient (Wildman–Crippen LogP) is 4.43. The molecule has 2 aromatic heterocycles. The highest BCUT2D eigenvalue weighted by molar-refractivity contribution is 7.20. The summed E-state index contributed by atoms with van der Waals surface area (Å²) in [4.78, 5) is 8.56. The summed E-state index contributed by atoms with van der Waals surface area (Å²) < 4.78 is 0. The zero-order valence-corrected chi connectivity index (χ0v) is 13.3. The van der Waals surface area contributed by atoms with Crippen molar-refractivity contribution < 1.29 is 0 Å². The SMILES string of the molecule is c1csc(-c2nc(CN3CCc4ccccc4C3)cs2)c1. The normalized spacial score (nSPS) is 15.0. The molecule has 3 aromatic rings. The number of thiazole rings is 1. The van der Waals surface area contributed by atoms with E-state index in [1.165, 1.54) is 21.7 Å². The van der Waals surface area contributed by atoms with E-state index in [9.17, 15) is 0 Å². The number of thiophene rings is 1. The van der Waals surface area contributed by atoms with Gasteiger partial charge in [0.1, 0.15) is 5.01 Å². The molecule has 0 aliphatic carbocycles. The first-order valence-corrected chi connectivity index (χ1v) is 8.92. The van der Waals surface area contributed by atoms with Crippen molar-refractivity contribution >= 4 is 22.7 Å². The van der Waals surface area contributed by atoms with Gasteiger partial charge in [0.25, 0.3) is 0 Å². The molecule has 106 valence electrons. The largest absolute Gasteiger partial charge is 0.293 e. The van der Waals surface area contributed by atoms with Crippen LogP contribution >= 0.6 is 22.7 Å². The standard InChI is InChI=1S/C17H16N2S2/c1-2-5-14-10-19(8-7-13(14)4-1)11-15-12-21-17(18-15)16-6-3-9-20-16/h1-6,9,12H,7-8,10-11H2. The van der Waals surface area contributed by atoms with Gasteiger partial charge in [0.2, 0.25) is 0 Å². The van der Waals surface area contributed by atoms with Crippen LogP contribution in [0.3, 0.4) is 0 Å². The predicted molar refractivity (Wildman–Crippen MR) is 89.7 cm³/mol. The van der Waals surface area contributed by atoms with Crippen molar-refractivity contribution in [2.45, 2.75) is 19.5 Å². The minimum absolute atomic E-state index is 0.955. The first-order valence-electron chi connectivity index (χ1n) is 7.16. The molecule has 0 saturated heterocycles. The van der Waals surface area contributed by atoms with E-state index >= 15 is 0 Å². The molecular formula is C17H16N2S2. The van der Waals surface area contributed by atoms with Crippen LogP contribution in [0.15, 0.2) is 47.2 Å². The molecule has 21 heavy (non-hydrogen) atoms. The Morgan fingerprint density at radius 2 is 1.95 bits per heavy atom. The van der Waals surface area contributed by atoms with Gasteiger partial charge < -0.3 is 0 Å². The number of rotatable bonds is 3. The Kier molecular flexibility index (Phi) is 3.59. The van der Waals surface area contributed by atoms with Crippen LogP contribution in [-0.2, 0) is 19.5 Å². The third-order valence-corrected chi connectivity index (χ3v) is 5.81. The Hall–Kier alpha value is -1.49. The molecule has 0 unspecified atom stereocenters. The number of aromatic nitrogens is 1. The molecule has 0 atom stereocenters. The number of hydrogen-bond acceptors (Lipinski definition) is 4. The molecule has 4 heteroatoms.